The van der Waals surface area contributed by atoms with Crippen LogP contribution in [0.5, 0.6) is 0 Å². The van der Waals surface area contributed by atoms with Crippen molar-refractivity contribution in [3.05, 3.63) is 26.9 Å². The van der Waals surface area contributed by atoms with Crippen molar-refractivity contribution < 1.29 is 0 Å². The highest BCUT2D eigenvalue weighted by atomic mass is 16.2. The number of aliphatic imine (C=N–C) groups is 1. The highest BCUT2D eigenvalue weighted by Gasteiger charge is 2.23. The Balaban J connectivity index is 2.38. The van der Waals surface area contributed by atoms with Crippen LogP contribution >= 0.6 is 0 Å². The Hall–Kier alpha value is -1.85. The monoisotopic (exact) mass is 236 g/mol. The van der Waals surface area contributed by atoms with E-state index in [0.717, 1.165) is 12.8 Å². The van der Waals surface area contributed by atoms with E-state index in [1.54, 1.807) is 11.2 Å². The minimum atomic E-state index is -0.409. The van der Waals surface area contributed by atoms with Crippen molar-refractivity contribution in [2.24, 2.45) is 10.9 Å². The Kier molecular flexibility index (Phi) is 3.12. The maximum absolute atomic E-state index is 11.7. The van der Waals surface area contributed by atoms with E-state index >= 15 is 0 Å². The summed E-state index contributed by atoms with van der Waals surface area (Å²) in [4.78, 5) is 31.1. The lowest BCUT2D eigenvalue weighted by molar-refractivity contribution is 0.591. The van der Waals surface area contributed by atoms with Gasteiger partial charge < -0.3 is 4.90 Å². The fourth-order valence-electron chi connectivity index (χ4n) is 1.52. The number of H-pyrrole nitrogens is 1. The van der Waals surface area contributed by atoms with E-state index in [4.69, 9.17) is 0 Å². The summed E-state index contributed by atoms with van der Waals surface area (Å²) in [6, 6.07) is 1.35. The van der Waals surface area contributed by atoms with E-state index in [1.165, 1.54) is 10.6 Å². The Bertz CT molecular complexity index is 537. The molecular weight excluding hydrogens is 220 g/mol. The highest BCUT2D eigenvalue weighted by Crippen LogP contribution is 2.30. The Labute approximate surface area is 98.6 Å². The molecule has 1 aliphatic carbocycles. The lowest BCUT2D eigenvalue weighted by Gasteiger charge is -2.08. The summed E-state index contributed by atoms with van der Waals surface area (Å²) < 4.78 is 1.53. The average molecular weight is 236 g/mol. The van der Waals surface area contributed by atoms with Gasteiger partial charge in [-0.2, -0.15) is 0 Å². The third-order valence-electron chi connectivity index (χ3n) is 2.57. The number of aromatic nitrogens is 2. The molecule has 1 aliphatic rings. The van der Waals surface area contributed by atoms with Crippen LogP contribution in [0.2, 0.25) is 0 Å². The molecule has 0 atom stereocenters. The van der Waals surface area contributed by atoms with Gasteiger partial charge in [0.25, 0.3) is 5.56 Å². The molecule has 0 aliphatic heterocycles. The highest BCUT2D eigenvalue weighted by molar-refractivity contribution is 5.58. The predicted molar refractivity (Wildman–Crippen MR) is 65.9 cm³/mol. The second-order valence-electron chi connectivity index (χ2n) is 4.56. The summed E-state index contributed by atoms with van der Waals surface area (Å²) in [5.41, 5.74) is -0.789. The molecule has 0 aromatic carbocycles. The van der Waals surface area contributed by atoms with Crippen LogP contribution in [-0.2, 0) is 6.54 Å². The van der Waals surface area contributed by atoms with Gasteiger partial charge in [-0.1, -0.05) is 0 Å². The van der Waals surface area contributed by atoms with Crippen molar-refractivity contribution in [1.82, 2.24) is 14.5 Å². The van der Waals surface area contributed by atoms with Crippen molar-refractivity contribution in [3.63, 3.8) is 0 Å². The molecule has 2 rings (SSSR count). The number of hydrogen-bond acceptors (Lipinski definition) is 3. The van der Waals surface area contributed by atoms with Crippen molar-refractivity contribution in [1.29, 1.82) is 0 Å². The Morgan fingerprint density at radius 3 is 2.82 bits per heavy atom. The summed E-state index contributed by atoms with van der Waals surface area (Å²) >= 11 is 0. The number of nitrogens with zero attached hydrogens (tertiary/aromatic N) is 3. The van der Waals surface area contributed by atoms with Gasteiger partial charge >= 0.3 is 5.69 Å². The standard InChI is InChI=1S/C11H16N4O2/c1-14(2)7-12-9-5-10(16)13-11(17)15(9)6-8-3-4-8/h5,7-8H,3-4,6H2,1-2H3,(H,13,16,17)/b12-7+. The largest absolute Gasteiger partial charge is 0.369 e. The number of aromatic amines is 1. The number of hydrogen-bond donors (Lipinski definition) is 1. The summed E-state index contributed by atoms with van der Waals surface area (Å²) in [5.74, 6) is 0.964. The first-order valence-electron chi connectivity index (χ1n) is 5.61. The summed E-state index contributed by atoms with van der Waals surface area (Å²) in [5, 5.41) is 0. The normalized spacial score (nSPS) is 15.4. The van der Waals surface area contributed by atoms with Gasteiger partial charge in [-0.25, -0.2) is 9.79 Å². The molecule has 1 fully saturated rings. The maximum Gasteiger partial charge on any atom is 0.329 e. The molecule has 0 amide bonds. The zero-order valence-electron chi connectivity index (χ0n) is 10.0. The van der Waals surface area contributed by atoms with Crippen LogP contribution in [0.1, 0.15) is 12.8 Å². The first-order valence-corrected chi connectivity index (χ1v) is 5.61. The quantitative estimate of drug-likeness (QED) is 0.598. The van der Waals surface area contributed by atoms with E-state index in [2.05, 4.69) is 9.98 Å². The Morgan fingerprint density at radius 2 is 2.24 bits per heavy atom. The third-order valence-corrected chi connectivity index (χ3v) is 2.57. The van der Waals surface area contributed by atoms with Gasteiger partial charge in [0, 0.05) is 26.7 Å². The second-order valence-corrected chi connectivity index (χ2v) is 4.56. The topological polar surface area (TPSA) is 70.5 Å². The minimum Gasteiger partial charge on any atom is -0.369 e. The molecule has 0 bridgehead atoms. The van der Waals surface area contributed by atoms with Crippen molar-refractivity contribution in [2.45, 2.75) is 19.4 Å². The van der Waals surface area contributed by atoms with Crippen LogP contribution in [-0.4, -0.2) is 34.9 Å². The molecule has 1 aromatic rings. The fraction of sp³-hybridized carbons (Fsp3) is 0.545. The van der Waals surface area contributed by atoms with Gasteiger partial charge in [0.05, 0.1) is 6.34 Å². The van der Waals surface area contributed by atoms with Gasteiger partial charge in [0.2, 0.25) is 0 Å². The molecule has 0 radical (unpaired) electrons. The molecule has 6 nitrogen and oxygen atoms in total. The van der Waals surface area contributed by atoms with E-state index in [0.29, 0.717) is 18.3 Å². The molecule has 1 saturated carbocycles. The number of nitrogens with one attached hydrogen (secondary N) is 1. The Morgan fingerprint density at radius 1 is 1.53 bits per heavy atom. The molecule has 0 spiro atoms. The third kappa shape index (κ3) is 3.05. The van der Waals surface area contributed by atoms with E-state index in [1.807, 2.05) is 14.1 Å². The van der Waals surface area contributed by atoms with E-state index in [9.17, 15) is 9.59 Å². The van der Waals surface area contributed by atoms with Gasteiger partial charge in [-0.15, -0.1) is 0 Å². The van der Waals surface area contributed by atoms with Gasteiger partial charge in [-0.3, -0.25) is 14.3 Å². The minimum absolute atomic E-state index is 0.379. The molecule has 1 heterocycles. The van der Waals surface area contributed by atoms with Crippen molar-refractivity contribution in [2.75, 3.05) is 14.1 Å². The lowest BCUT2D eigenvalue weighted by Crippen LogP contribution is -2.30. The van der Waals surface area contributed by atoms with Crippen molar-refractivity contribution in [3.8, 4) is 0 Å². The molecule has 1 N–H and O–H groups in total. The molecule has 17 heavy (non-hydrogen) atoms. The second kappa shape index (κ2) is 4.57. The lowest BCUT2D eigenvalue weighted by atomic mass is 10.4. The number of rotatable bonds is 4. The predicted octanol–water partition coefficient (Wildman–Crippen LogP) is 0.168. The van der Waals surface area contributed by atoms with Gasteiger partial charge in [0.1, 0.15) is 5.82 Å². The fourth-order valence-corrected chi connectivity index (χ4v) is 1.52. The van der Waals surface area contributed by atoms with Crippen LogP contribution in [0, 0.1) is 5.92 Å². The molecule has 92 valence electrons. The zero-order chi connectivity index (χ0) is 12.4. The van der Waals surface area contributed by atoms with Gasteiger partial charge in [-0.05, 0) is 18.8 Å². The van der Waals surface area contributed by atoms with Crippen LogP contribution < -0.4 is 11.2 Å². The molecule has 1 aromatic heterocycles. The zero-order valence-corrected chi connectivity index (χ0v) is 10.0. The van der Waals surface area contributed by atoms with Gasteiger partial charge in [0.15, 0.2) is 0 Å². The molecule has 6 heteroatoms. The van der Waals surface area contributed by atoms with E-state index in [-0.39, 0.29) is 5.69 Å². The molecule has 0 saturated heterocycles. The smallest absolute Gasteiger partial charge is 0.329 e. The first kappa shape index (κ1) is 11.6. The summed E-state index contributed by atoms with van der Waals surface area (Å²) in [6.07, 6.45) is 3.86. The maximum atomic E-state index is 11.7. The average Bonchev–Trinajstić information content (AvgIpc) is 3.03. The summed E-state index contributed by atoms with van der Waals surface area (Å²) in [6.45, 7) is 0.635. The molecule has 0 unspecified atom stereocenters. The van der Waals surface area contributed by atoms with Crippen LogP contribution in [0.3, 0.4) is 0 Å². The van der Waals surface area contributed by atoms with E-state index < -0.39 is 5.56 Å². The first-order chi connectivity index (χ1) is 8.06. The van der Waals surface area contributed by atoms with Crippen LogP contribution in [0.25, 0.3) is 0 Å². The van der Waals surface area contributed by atoms with Crippen LogP contribution in [0.15, 0.2) is 20.6 Å². The summed E-state index contributed by atoms with van der Waals surface area (Å²) in [7, 11) is 3.67. The van der Waals surface area contributed by atoms with Crippen LogP contribution in [0.4, 0.5) is 5.82 Å². The SMILES string of the molecule is CN(C)/C=N/c1cc(=O)[nH]c(=O)n1CC1CC1. The van der Waals surface area contributed by atoms with Crippen molar-refractivity contribution >= 4 is 12.2 Å². The molecular formula is C11H16N4O2.